The van der Waals surface area contributed by atoms with Crippen molar-refractivity contribution in [1.82, 2.24) is 21.1 Å². The van der Waals surface area contributed by atoms with Gasteiger partial charge in [0.1, 0.15) is 5.02 Å². The lowest BCUT2D eigenvalue weighted by Gasteiger charge is -1.97. The summed E-state index contributed by atoms with van der Waals surface area (Å²) in [7, 11) is 0. The van der Waals surface area contributed by atoms with E-state index < -0.39 is 0 Å². The minimum atomic E-state index is -0.209. The Hall–Kier alpha value is -1.61. The highest BCUT2D eigenvalue weighted by molar-refractivity contribution is 6.34. The second-order valence-electron chi connectivity index (χ2n) is 1.54. The zero-order chi connectivity index (χ0) is 8.27. The lowest BCUT2D eigenvalue weighted by Crippen LogP contribution is -1.98. The van der Waals surface area contributed by atoms with E-state index in [-0.39, 0.29) is 16.7 Å². The Labute approximate surface area is 67.0 Å². The molecule has 0 saturated carbocycles. The molecule has 0 bridgehead atoms. The fourth-order valence-electron chi connectivity index (χ4n) is 0.445. The maximum absolute atomic E-state index is 8.17. The van der Waals surface area contributed by atoms with E-state index in [1.807, 2.05) is 0 Å². The van der Waals surface area contributed by atoms with Gasteiger partial charge in [0.2, 0.25) is 0 Å². The highest BCUT2D eigenvalue weighted by Crippen LogP contribution is 2.22. The van der Waals surface area contributed by atoms with Crippen molar-refractivity contribution in [2.75, 3.05) is 5.32 Å². The number of hydrogen-bond donors (Lipinski definition) is 1. The van der Waals surface area contributed by atoms with Gasteiger partial charge in [-0.25, -0.2) is 0 Å². The summed E-state index contributed by atoms with van der Waals surface area (Å²) in [5.74, 6) is -0.159. The molecule has 2 N–H and O–H groups in total. The predicted molar refractivity (Wildman–Crippen MR) is 36.8 cm³/mol. The quantitative estimate of drug-likeness (QED) is 0.483. The molecule has 0 fully saturated rings. The van der Waals surface area contributed by atoms with Gasteiger partial charge in [-0.3, -0.25) is 11.1 Å². The normalized spacial score (nSPS) is 8.73. The monoisotopic (exact) mass is 169 g/mol. The van der Waals surface area contributed by atoms with Crippen molar-refractivity contribution in [2.24, 2.45) is 0 Å². The van der Waals surface area contributed by atoms with Gasteiger partial charge < -0.3 is 0 Å². The van der Waals surface area contributed by atoms with Gasteiger partial charge in [-0.05, 0) is 5.21 Å². The molecule has 7 heteroatoms. The van der Waals surface area contributed by atoms with E-state index in [0.29, 0.717) is 0 Å². The first kappa shape index (κ1) is 7.50. The number of rotatable bonds is 1. The van der Waals surface area contributed by atoms with Crippen molar-refractivity contribution < 1.29 is 0 Å². The van der Waals surface area contributed by atoms with Crippen molar-refractivity contribution in [3.63, 3.8) is 0 Å². The van der Waals surface area contributed by atoms with E-state index in [0.717, 1.165) is 0 Å². The number of nitrogens with one attached hydrogen (secondary N) is 2. The molecule has 0 spiro atoms. The van der Waals surface area contributed by atoms with Gasteiger partial charge in [0, 0.05) is 0 Å². The molecule has 0 atom stereocenters. The summed E-state index contributed by atoms with van der Waals surface area (Å²) in [5, 5.41) is 20.1. The lowest BCUT2D eigenvalue weighted by atomic mass is 10.5. The van der Waals surface area contributed by atoms with Gasteiger partial charge in [-0.15, -0.1) is 10.2 Å². The summed E-state index contributed by atoms with van der Waals surface area (Å²) < 4.78 is 0. The Kier molecular flexibility index (Phi) is 2.03. The molecule has 1 rings (SSSR count). The standard InChI is InChI=1S/C4H2ClN6/c5-2-3(7)9-11-10-4(2)8-1-6/h7H,(H,8,9,10). The molecule has 1 heterocycles. The molecule has 0 amide bonds. The fourth-order valence-corrected chi connectivity index (χ4v) is 0.567. The molecular formula is C4H2ClN6. The van der Waals surface area contributed by atoms with Gasteiger partial charge >= 0.3 is 0 Å². The molecule has 0 aromatic carbocycles. The SMILES string of the molecule is N#CNc1nnnc([NH])c1Cl. The first-order valence-electron chi connectivity index (χ1n) is 2.51. The maximum Gasteiger partial charge on any atom is 0.191 e. The van der Waals surface area contributed by atoms with E-state index in [1.54, 1.807) is 6.19 Å². The predicted octanol–water partition coefficient (Wildman–Crippen LogP) is 0.332. The van der Waals surface area contributed by atoms with Crippen molar-refractivity contribution in [3.05, 3.63) is 5.02 Å². The van der Waals surface area contributed by atoms with Crippen LogP contribution in [0.2, 0.25) is 5.02 Å². The summed E-state index contributed by atoms with van der Waals surface area (Å²) in [5.41, 5.74) is 7.04. The van der Waals surface area contributed by atoms with E-state index >= 15 is 0 Å². The van der Waals surface area contributed by atoms with Gasteiger partial charge in [-0.2, -0.15) is 5.26 Å². The Morgan fingerprint density at radius 1 is 1.55 bits per heavy atom. The smallest absolute Gasteiger partial charge is 0.191 e. The second kappa shape index (κ2) is 2.98. The molecule has 1 radical (unpaired) electrons. The van der Waals surface area contributed by atoms with Crippen molar-refractivity contribution >= 4 is 23.2 Å². The number of nitriles is 1. The molecule has 11 heavy (non-hydrogen) atoms. The number of nitrogens with zero attached hydrogens (tertiary/aromatic N) is 4. The van der Waals surface area contributed by atoms with Gasteiger partial charge in [0.25, 0.3) is 0 Å². The van der Waals surface area contributed by atoms with Crippen LogP contribution in [0.3, 0.4) is 0 Å². The fraction of sp³-hybridized carbons (Fsp3) is 0. The van der Waals surface area contributed by atoms with Crippen molar-refractivity contribution in [1.29, 1.82) is 5.26 Å². The average molecular weight is 170 g/mol. The summed E-state index contributed by atoms with van der Waals surface area (Å²) >= 11 is 5.51. The number of aromatic nitrogens is 3. The molecule has 0 saturated heterocycles. The van der Waals surface area contributed by atoms with E-state index in [1.165, 1.54) is 0 Å². The zero-order valence-corrected chi connectivity index (χ0v) is 5.92. The largest absolute Gasteiger partial charge is 0.280 e. The highest BCUT2D eigenvalue weighted by atomic mass is 35.5. The van der Waals surface area contributed by atoms with Crippen LogP contribution >= 0.6 is 11.6 Å². The molecule has 0 unspecified atom stereocenters. The summed E-state index contributed by atoms with van der Waals surface area (Å²) in [6.07, 6.45) is 1.60. The number of halogens is 1. The highest BCUT2D eigenvalue weighted by Gasteiger charge is 2.06. The third-order valence-corrected chi connectivity index (χ3v) is 1.24. The average Bonchev–Trinajstić information content (AvgIpc) is 1.99. The molecule has 0 aliphatic carbocycles. The Balaban J connectivity index is 3.08. The Bertz CT molecular complexity index is 304. The lowest BCUT2D eigenvalue weighted by molar-refractivity contribution is 0.868. The Morgan fingerprint density at radius 2 is 2.27 bits per heavy atom. The molecular weight excluding hydrogens is 168 g/mol. The molecule has 55 valence electrons. The van der Waals surface area contributed by atoms with E-state index in [9.17, 15) is 0 Å². The maximum atomic E-state index is 8.17. The third-order valence-electron chi connectivity index (χ3n) is 0.880. The molecule has 0 aliphatic heterocycles. The first-order valence-corrected chi connectivity index (χ1v) is 2.89. The van der Waals surface area contributed by atoms with Crippen LogP contribution in [0, 0.1) is 11.5 Å². The summed E-state index contributed by atoms with van der Waals surface area (Å²) in [6.45, 7) is 0. The minimum Gasteiger partial charge on any atom is -0.280 e. The van der Waals surface area contributed by atoms with Crippen LogP contribution in [0.15, 0.2) is 0 Å². The zero-order valence-electron chi connectivity index (χ0n) is 5.17. The van der Waals surface area contributed by atoms with Crippen LogP contribution in [0.1, 0.15) is 0 Å². The summed E-state index contributed by atoms with van der Waals surface area (Å²) in [4.78, 5) is 0. The van der Waals surface area contributed by atoms with Crippen LogP contribution in [0.25, 0.3) is 0 Å². The van der Waals surface area contributed by atoms with Crippen molar-refractivity contribution in [3.8, 4) is 6.19 Å². The van der Waals surface area contributed by atoms with Crippen LogP contribution in [0.5, 0.6) is 0 Å². The summed E-state index contributed by atoms with van der Waals surface area (Å²) in [6, 6.07) is 0. The van der Waals surface area contributed by atoms with Gasteiger partial charge in [-0.1, -0.05) is 11.6 Å². The van der Waals surface area contributed by atoms with E-state index in [4.69, 9.17) is 22.6 Å². The van der Waals surface area contributed by atoms with Crippen LogP contribution in [0.4, 0.5) is 11.6 Å². The van der Waals surface area contributed by atoms with Gasteiger partial charge in [0.15, 0.2) is 17.8 Å². The van der Waals surface area contributed by atoms with Gasteiger partial charge in [0.05, 0.1) is 0 Å². The minimum absolute atomic E-state index is 0.0125. The van der Waals surface area contributed by atoms with Crippen LogP contribution in [-0.2, 0) is 0 Å². The second-order valence-corrected chi connectivity index (χ2v) is 1.92. The Morgan fingerprint density at radius 3 is 2.91 bits per heavy atom. The van der Waals surface area contributed by atoms with Crippen LogP contribution in [-0.4, -0.2) is 15.4 Å². The molecule has 1 aromatic heterocycles. The number of hydrogen-bond acceptors (Lipinski definition) is 5. The first-order chi connectivity index (χ1) is 5.25. The van der Waals surface area contributed by atoms with Crippen molar-refractivity contribution in [2.45, 2.75) is 0 Å². The molecule has 0 aliphatic rings. The molecule has 6 nitrogen and oxygen atoms in total. The number of anilines is 1. The topological polar surface area (TPSA) is 98.3 Å². The van der Waals surface area contributed by atoms with Crippen LogP contribution < -0.4 is 11.1 Å². The molecule has 1 aromatic rings. The van der Waals surface area contributed by atoms with E-state index in [2.05, 4.69) is 20.7 Å². The third kappa shape index (κ3) is 1.45.